The highest BCUT2D eigenvalue weighted by molar-refractivity contribution is 5.47. The molecule has 0 aromatic carbocycles. The molecule has 3 nitrogen and oxygen atoms in total. The zero-order valence-electron chi connectivity index (χ0n) is 10.2. The Hall–Kier alpha value is -1.09. The number of hydrogen-bond acceptors (Lipinski definition) is 3. The van der Waals surface area contributed by atoms with Crippen LogP contribution in [0.15, 0.2) is 12.3 Å². The van der Waals surface area contributed by atoms with Gasteiger partial charge in [-0.15, -0.1) is 0 Å². The minimum Gasteiger partial charge on any atom is -0.356 e. The van der Waals surface area contributed by atoms with Crippen molar-refractivity contribution in [3.05, 3.63) is 23.4 Å². The van der Waals surface area contributed by atoms with Crippen molar-refractivity contribution >= 4 is 5.82 Å². The molecule has 0 unspecified atom stereocenters. The largest absolute Gasteiger partial charge is 0.356 e. The van der Waals surface area contributed by atoms with Crippen LogP contribution in [0.4, 0.5) is 5.82 Å². The fraction of sp³-hybridized carbons (Fsp3) is 0.615. The average Bonchev–Trinajstić information content (AvgIpc) is 2.30. The molecule has 1 aliphatic heterocycles. The number of piperidine rings is 1. The molecule has 0 amide bonds. The molecule has 1 aromatic rings. The molecule has 0 radical (unpaired) electrons. The van der Waals surface area contributed by atoms with Gasteiger partial charge in [-0.3, -0.25) is 0 Å². The molecule has 2 heterocycles. The summed E-state index contributed by atoms with van der Waals surface area (Å²) in [6, 6.07) is 2.24. The van der Waals surface area contributed by atoms with Crippen LogP contribution >= 0.6 is 0 Å². The van der Waals surface area contributed by atoms with Crippen molar-refractivity contribution in [1.29, 1.82) is 0 Å². The predicted octanol–water partition coefficient (Wildman–Crippen LogP) is 2.40. The minimum atomic E-state index is 0.0709. The summed E-state index contributed by atoms with van der Waals surface area (Å²) in [6.07, 6.45) is 5.85. The summed E-state index contributed by atoms with van der Waals surface area (Å²) in [6.45, 7) is 6.41. The van der Waals surface area contributed by atoms with Gasteiger partial charge < -0.3 is 10.6 Å². The van der Waals surface area contributed by atoms with Crippen molar-refractivity contribution in [2.75, 3.05) is 18.0 Å². The highest BCUT2D eigenvalue weighted by Crippen LogP contribution is 2.23. The molecule has 88 valence electrons. The molecule has 1 fully saturated rings. The van der Waals surface area contributed by atoms with Crippen molar-refractivity contribution in [2.45, 2.75) is 39.2 Å². The minimum absolute atomic E-state index is 0.0709. The fourth-order valence-electron chi connectivity index (χ4n) is 2.28. The zero-order chi connectivity index (χ0) is 11.5. The van der Waals surface area contributed by atoms with E-state index >= 15 is 0 Å². The van der Waals surface area contributed by atoms with Gasteiger partial charge in [0.1, 0.15) is 5.82 Å². The first-order valence-electron chi connectivity index (χ1n) is 6.15. The van der Waals surface area contributed by atoms with Crippen LogP contribution in [-0.4, -0.2) is 18.1 Å². The van der Waals surface area contributed by atoms with Crippen LogP contribution < -0.4 is 10.6 Å². The fourth-order valence-corrected chi connectivity index (χ4v) is 2.28. The van der Waals surface area contributed by atoms with Crippen LogP contribution in [0.5, 0.6) is 0 Å². The Balaban J connectivity index is 2.21. The molecule has 2 N–H and O–H groups in total. The lowest BCUT2D eigenvalue weighted by Gasteiger charge is -2.29. The van der Waals surface area contributed by atoms with Gasteiger partial charge >= 0.3 is 0 Å². The first-order valence-corrected chi connectivity index (χ1v) is 6.15. The molecule has 16 heavy (non-hydrogen) atoms. The van der Waals surface area contributed by atoms with E-state index in [0.29, 0.717) is 0 Å². The number of nitrogens with zero attached hydrogens (tertiary/aromatic N) is 2. The monoisotopic (exact) mass is 219 g/mol. The lowest BCUT2D eigenvalue weighted by atomic mass is 10.1. The van der Waals surface area contributed by atoms with E-state index in [9.17, 15) is 0 Å². The summed E-state index contributed by atoms with van der Waals surface area (Å²) in [4.78, 5) is 6.96. The highest BCUT2D eigenvalue weighted by atomic mass is 15.2. The Morgan fingerprint density at radius 3 is 2.56 bits per heavy atom. The van der Waals surface area contributed by atoms with Gasteiger partial charge in [0.05, 0.1) is 0 Å². The van der Waals surface area contributed by atoms with Crippen molar-refractivity contribution < 1.29 is 0 Å². The number of aromatic nitrogens is 1. The Bertz CT molecular complexity index is 354. The van der Waals surface area contributed by atoms with E-state index in [1.165, 1.54) is 24.8 Å². The maximum absolute atomic E-state index is 5.86. The van der Waals surface area contributed by atoms with Crippen molar-refractivity contribution in [1.82, 2.24) is 4.98 Å². The summed E-state index contributed by atoms with van der Waals surface area (Å²) in [5, 5.41) is 0. The zero-order valence-corrected chi connectivity index (χ0v) is 10.2. The second kappa shape index (κ2) is 4.83. The van der Waals surface area contributed by atoms with Gasteiger partial charge in [0.2, 0.25) is 0 Å². The van der Waals surface area contributed by atoms with Gasteiger partial charge in [0.15, 0.2) is 0 Å². The van der Waals surface area contributed by atoms with E-state index in [4.69, 9.17) is 5.73 Å². The van der Waals surface area contributed by atoms with Crippen LogP contribution in [0.2, 0.25) is 0 Å². The van der Waals surface area contributed by atoms with E-state index in [2.05, 4.69) is 22.9 Å². The molecule has 0 spiro atoms. The Morgan fingerprint density at radius 1 is 1.31 bits per heavy atom. The molecule has 0 bridgehead atoms. The van der Waals surface area contributed by atoms with Crippen molar-refractivity contribution in [3.63, 3.8) is 0 Å². The molecule has 1 aromatic heterocycles. The summed E-state index contributed by atoms with van der Waals surface area (Å²) < 4.78 is 0. The predicted molar refractivity (Wildman–Crippen MR) is 67.6 cm³/mol. The second-order valence-electron chi connectivity index (χ2n) is 4.75. The van der Waals surface area contributed by atoms with E-state index in [0.717, 1.165) is 24.5 Å². The Morgan fingerprint density at radius 2 is 2.00 bits per heavy atom. The lowest BCUT2D eigenvalue weighted by Crippen LogP contribution is -2.30. The normalized spacial score (nSPS) is 18.6. The molecule has 1 atom stereocenters. The van der Waals surface area contributed by atoms with Crippen LogP contribution in [0.3, 0.4) is 0 Å². The molecule has 3 heteroatoms. The van der Waals surface area contributed by atoms with E-state index in [1.54, 1.807) is 0 Å². The van der Waals surface area contributed by atoms with E-state index < -0.39 is 0 Å². The van der Waals surface area contributed by atoms with Gasteiger partial charge in [0.25, 0.3) is 0 Å². The molecular weight excluding hydrogens is 198 g/mol. The number of anilines is 1. The Kier molecular flexibility index (Phi) is 3.44. The third-order valence-electron chi connectivity index (χ3n) is 3.25. The SMILES string of the molecule is Cc1cc([C@@H](C)N)cnc1N1CCCCC1. The number of nitrogens with two attached hydrogens (primary N) is 1. The van der Waals surface area contributed by atoms with E-state index in [-0.39, 0.29) is 6.04 Å². The van der Waals surface area contributed by atoms with Crippen LogP contribution in [0.25, 0.3) is 0 Å². The van der Waals surface area contributed by atoms with Gasteiger partial charge in [-0.05, 0) is 50.3 Å². The number of aryl methyl sites for hydroxylation is 1. The molecule has 2 rings (SSSR count). The molecule has 0 aliphatic carbocycles. The summed E-state index contributed by atoms with van der Waals surface area (Å²) >= 11 is 0. The summed E-state index contributed by atoms with van der Waals surface area (Å²) in [5.41, 5.74) is 8.23. The lowest BCUT2D eigenvalue weighted by molar-refractivity contribution is 0.572. The van der Waals surface area contributed by atoms with Gasteiger partial charge in [-0.1, -0.05) is 0 Å². The number of pyridine rings is 1. The van der Waals surface area contributed by atoms with Crippen LogP contribution in [-0.2, 0) is 0 Å². The number of rotatable bonds is 2. The van der Waals surface area contributed by atoms with Crippen molar-refractivity contribution in [3.8, 4) is 0 Å². The van der Waals surface area contributed by atoms with Crippen molar-refractivity contribution in [2.24, 2.45) is 5.73 Å². The second-order valence-corrected chi connectivity index (χ2v) is 4.75. The third kappa shape index (κ3) is 2.35. The average molecular weight is 219 g/mol. The van der Waals surface area contributed by atoms with E-state index in [1.807, 2.05) is 13.1 Å². The first kappa shape index (κ1) is 11.4. The number of hydrogen-bond donors (Lipinski definition) is 1. The first-order chi connectivity index (χ1) is 7.68. The maximum Gasteiger partial charge on any atom is 0.131 e. The summed E-state index contributed by atoms with van der Waals surface area (Å²) in [5.74, 6) is 1.14. The van der Waals surface area contributed by atoms with Gasteiger partial charge in [-0.2, -0.15) is 0 Å². The summed E-state index contributed by atoms with van der Waals surface area (Å²) in [7, 11) is 0. The van der Waals surface area contributed by atoms with Gasteiger partial charge in [-0.25, -0.2) is 4.98 Å². The molecule has 0 saturated carbocycles. The molecule has 1 saturated heterocycles. The Labute approximate surface area is 97.7 Å². The molecular formula is C13H21N3. The van der Waals surface area contributed by atoms with Crippen LogP contribution in [0.1, 0.15) is 43.4 Å². The molecule has 1 aliphatic rings. The smallest absolute Gasteiger partial charge is 0.131 e. The topological polar surface area (TPSA) is 42.1 Å². The standard InChI is InChI=1S/C13H21N3/c1-10-8-12(11(2)14)9-15-13(10)16-6-4-3-5-7-16/h8-9,11H,3-7,14H2,1-2H3/t11-/m1/s1. The van der Waals surface area contributed by atoms with Crippen LogP contribution in [0, 0.1) is 6.92 Å². The maximum atomic E-state index is 5.86. The third-order valence-corrected chi connectivity index (χ3v) is 3.25. The van der Waals surface area contributed by atoms with Gasteiger partial charge in [0, 0.05) is 25.3 Å². The quantitative estimate of drug-likeness (QED) is 0.830. The highest BCUT2D eigenvalue weighted by Gasteiger charge is 2.14.